The van der Waals surface area contributed by atoms with Crippen LogP contribution >= 0.6 is 0 Å². The van der Waals surface area contributed by atoms with E-state index in [-0.39, 0.29) is 23.7 Å². The third-order valence-electron chi connectivity index (χ3n) is 3.37. The van der Waals surface area contributed by atoms with Crippen molar-refractivity contribution in [1.29, 1.82) is 0 Å². The van der Waals surface area contributed by atoms with Crippen LogP contribution in [0.2, 0.25) is 0 Å². The summed E-state index contributed by atoms with van der Waals surface area (Å²) in [6.07, 6.45) is 9.11. The van der Waals surface area contributed by atoms with Gasteiger partial charge in [0, 0.05) is 12.4 Å². The number of carbonyl (C=O) groups is 2. The number of carbonyl (C=O) groups excluding carboxylic acids is 2. The Morgan fingerprint density at radius 1 is 1.08 bits per heavy atom. The number of ether oxygens (including phenoxy) is 1. The van der Waals surface area contributed by atoms with Crippen LogP contribution in [0.5, 0.6) is 11.5 Å². The maximum atomic E-state index is 11.9. The molecule has 128 valence electrons. The van der Waals surface area contributed by atoms with Gasteiger partial charge in [-0.1, -0.05) is 12.1 Å². The molecular formula is C20H19NO4. The van der Waals surface area contributed by atoms with Crippen molar-refractivity contribution < 1.29 is 19.4 Å². The lowest BCUT2D eigenvalue weighted by atomic mass is 10.1. The summed E-state index contributed by atoms with van der Waals surface area (Å²) < 4.78 is 5.00. The van der Waals surface area contributed by atoms with Gasteiger partial charge in [0.2, 0.25) is 0 Å². The summed E-state index contributed by atoms with van der Waals surface area (Å²) in [4.78, 5) is 27.8. The number of aromatic hydroxyl groups is 1. The van der Waals surface area contributed by atoms with E-state index in [1.54, 1.807) is 36.7 Å². The molecule has 0 atom stereocenters. The zero-order valence-electron chi connectivity index (χ0n) is 14.1. The van der Waals surface area contributed by atoms with Gasteiger partial charge in [0.05, 0.1) is 13.5 Å². The molecule has 0 fully saturated rings. The number of pyridine rings is 1. The van der Waals surface area contributed by atoms with E-state index in [1.807, 2.05) is 13.0 Å². The Bertz CT molecular complexity index is 837. The number of hydrogen-bond donors (Lipinski definition) is 1. The lowest BCUT2D eigenvalue weighted by Gasteiger charge is -2.03. The maximum Gasteiger partial charge on any atom is 0.163 e. The SMILES string of the molecule is COc1cc(/C=C/C(=O)CC(=O)/C=C/c2cncc(C)c2)ccc1O. The van der Waals surface area contributed by atoms with Crippen molar-refractivity contribution in [2.75, 3.05) is 7.11 Å². The van der Waals surface area contributed by atoms with Crippen molar-refractivity contribution >= 4 is 23.7 Å². The number of phenolic OH excluding ortho intramolecular Hbond substituents is 1. The van der Waals surface area contributed by atoms with Crippen molar-refractivity contribution in [3.05, 3.63) is 65.5 Å². The highest BCUT2D eigenvalue weighted by Crippen LogP contribution is 2.26. The number of rotatable bonds is 7. The van der Waals surface area contributed by atoms with Crippen LogP contribution in [0.15, 0.2) is 48.8 Å². The topological polar surface area (TPSA) is 76.5 Å². The number of hydrogen-bond acceptors (Lipinski definition) is 5. The first kappa shape index (κ1) is 18.1. The van der Waals surface area contributed by atoms with Gasteiger partial charge in [-0.2, -0.15) is 0 Å². The van der Waals surface area contributed by atoms with E-state index in [0.717, 1.165) is 11.1 Å². The molecule has 25 heavy (non-hydrogen) atoms. The third-order valence-corrected chi connectivity index (χ3v) is 3.37. The smallest absolute Gasteiger partial charge is 0.163 e. The number of phenols is 1. The molecule has 5 nitrogen and oxygen atoms in total. The zero-order valence-corrected chi connectivity index (χ0v) is 14.1. The van der Waals surface area contributed by atoms with Gasteiger partial charge in [0.1, 0.15) is 0 Å². The molecular weight excluding hydrogens is 318 g/mol. The number of aromatic nitrogens is 1. The van der Waals surface area contributed by atoms with Crippen molar-refractivity contribution in [1.82, 2.24) is 4.98 Å². The van der Waals surface area contributed by atoms with E-state index in [4.69, 9.17) is 4.74 Å². The Balaban J connectivity index is 1.94. The van der Waals surface area contributed by atoms with Crippen molar-refractivity contribution in [3.63, 3.8) is 0 Å². The average Bonchev–Trinajstić information content (AvgIpc) is 2.59. The fourth-order valence-electron chi connectivity index (χ4n) is 2.14. The standard InChI is InChI=1S/C20H19NO4/c1-14-9-16(13-21-12-14)4-7-18(23)11-17(22)6-3-15-5-8-19(24)20(10-15)25-2/h3-10,12-13,24H,11H2,1-2H3/b6-3+,7-4+. The molecule has 1 heterocycles. The summed E-state index contributed by atoms with van der Waals surface area (Å²) in [7, 11) is 1.45. The van der Waals surface area contributed by atoms with Crippen LogP contribution in [0, 0.1) is 6.92 Å². The minimum absolute atomic E-state index is 0.0249. The van der Waals surface area contributed by atoms with Gasteiger partial charge in [0.25, 0.3) is 0 Å². The molecule has 1 N–H and O–H groups in total. The maximum absolute atomic E-state index is 11.9. The summed E-state index contributed by atoms with van der Waals surface area (Å²) >= 11 is 0. The highest BCUT2D eigenvalue weighted by molar-refractivity contribution is 6.10. The minimum Gasteiger partial charge on any atom is -0.504 e. The van der Waals surface area contributed by atoms with Crippen LogP contribution in [0.3, 0.4) is 0 Å². The van der Waals surface area contributed by atoms with E-state index in [9.17, 15) is 14.7 Å². The molecule has 0 saturated heterocycles. The highest BCUT2D eigenvalue weighted by Gasteiger charge is 2.05. The van der Waals surface area contributed by atoms with Crippen molar-refractivity contribution in [3.8, 4) is 11.5 Å². The summed E-state index contributed by atoms with van der Waals surface area (Å²) in [5.74, 6) is -0.235. The fraction of sp³-hybridized carbons (Fsp3) is 0.150. The van der Waals surface area contributed by atoms with Gasteiger partial charge in [-0.05, 0) is 60.0 Å². The summed E-state index contributed by atoms with van der Waals surface area (Å²) in [6.45, 7) is 1.92. The van der Waals surface area contributed by atoms with Crippen molar-refractivity contribution in [2.45, 2.75) is 13.3 Å². The van der Waals surface area contributed by atoms with Crippen LogP contribution in [-0.2, 0) is 9.59 Å². The normalized spacial score (nSPS) is 11.1. The molecule has 0 bridgehead atoms. The van der Waals surface area contributed by atoms with Crippen LogP contribution in [0.1, 0.15) is 23.1 Å². The molecule has 2 rings (SSSR count). The van der Waals surface area contributed by atoms with E-state index >= 15 is 0 Å². The van der Waals surface area contributed by atoms with E-state index in [2.05, 4.69) is 4.98 Å². The Morgan fingerprint density at radius 2 is 1.76 bits per heavy atom. The van der Waals surface area contributed by atoms with Gasteiger partial charge in [-0.25, -0.2) is 0 Å². The van der Waals surface area contributed by atoms with Crippen LogP contribution in [0.25, 0.3) is 12.2 Å². The number of benzene rings is 1. The van der Waals surface area contributed by atoms with Crippen LogP contribution in [-0.4, -0.2) is 28.8 Å². The summed E-state index contributed by atoms with van der Waals surface area (Å²) in [5.41, 5.74) is 2.50. The number of allylic oxidation sites excluding steroid dienone is 2. The number of aryl methyl sites for hydroxylation is 1. The first-order valence-corrected chi connectivity index (χ1v) is 7.68. The minimum atomic E-state index is -0.302. The van der Waals surface area contributed by atoms with Gasteiger partial charge in [0.15, 0.2) is 23.1 Å². The number of nitrogens with zero attached hydrogens (tertiary/aromatic N) is 1. The third kappa shape index (κ3) is 5.73. The second-order valence-corrected chi connectivity index (χ2v) is 5.50. The Labute approximate surface area is 146 Å². The average molecular weight is 337 g/mol. The fourth-order valence-corrected chi connectivity index (χ4v) is 2.14. The van der Waals surface area contributed by atoms with E-state index in [1.165, 1.54) is 25.3 Å². The predicted molar refractivity (Wildman–Crippen MR) is 96.3 cm³/mol. The summed E-state index contributed by atoms with van der Waals surface area (Å²) in [5, 5.41) is 9.53. The lowest BCUT2D eigenvalue weighted by molar-refractivity contribution is -0.121. The van der Waals surface area contributed by atoms with Gasteiger partial charge in [-0.3, -0.25) is 14.6 Å². The molecule has 0 aliphatic carbocycles. The number of methoxy groups -OCH3 is 1. The summed E-state index contributed by atoms with van der Waals surface area (Å²) in [6, 6.07) is 6.63. The first-order valence-electron chi connectivity index (χ1n) is 7.68. The Hall–Kier alpha value is -3.21. The molecule has 0 aliphatic rings. The molecule has 5 heteroatoms. The second kappa shape index (κ2) is 8.59. The molecule has 0 saturated carbocycles. The largest absolute Gasteiger partial charge is 0.504 e. The Morgan fingerprint density at radius 3 is 2.40 bits per heavy atom. The first-order chi connectivity index (χ1) is 12.0. The molecule has 1 aromatic heterocycles. The molecule has 0 amide bonds. The quantitative estimate of drug-likeness (QED) is 0.619. The molecule has 0 unspecified atom stereocenters. The van der Waals surface area contributed by atoms with E-state index in [0.29, 0.717) is 11.3 Å². The second-order valence-electron chi connectivity index (χ2n) is 5.50. The van der Waals surface area contributed by atoms with Gasteiger partial charge in [-0.15, -0.1) is 0 Å². The van der Waals surface area contributed by atoms with Crippen LogP contribution in [0.4, 0.5) is 0 Å². The van der Waals surface area contributed by atoms with Gasteiger partial charge >= 0.3 is 0 Å². The van der Waals surface area contributed by atoms with Crippen molar-refractivity contribution in [2.24, 2.45) is 0 Å². The molecule has 1 aromatic carbocycles. The molecule has 0 spiro atoms. The highest BCUT2D eigenvalue weighted by atomic mass is 16.5. The number of ketones is 2. The lowest BCUT2D eigenvalue weighted by Crippen LogP contribution is -2.01. The van der Waals surface area contributed by atoms with E-state index < -0.39 is 0 Å². The molecule has 2 aromatic rings. The zero-order chi connectivity index (χ0) is 18.2. The molecule has 0 aliphatic heterocycles. The monoisotopic (exact) mass is 337 g/mol. The van der Waals surface area contributed by atoms with Crippen LogP contribution < -0.4 is 4.74 Å². The predicted octanol–water partition coefficient (Wildman–Crippen LogP) is 3.36. The molecule has 0 radical (unpaired) electrons. The van der Waals surface area contributed by atoms with Gasteiger partial charge < -0.3 is 9.84 Å². The Kier molecular flexibility index (Phi) is 6.23.